The Bertz CT molecular complexity index is 1240. The van der Waals surface area contributed by atoms with Crippen molar-refractivity contribution in [3.05, 3.63) is 71.2 Å². The minimum absolute atomic E-state index is 0.126. The minimum atomic E-state index is -0.347. The van der Waals surface area contributed by atoms with E-state index in [1.165, 1.54) is 39.8 Å². The largest absolute Gasteiger partial charge is 0.475 e. The molecule has 0 unspecified atom stereocenters. The summed E-state index contributed by atoms with van der Waals surface area (Å²) < 4.78 is 21.4. The van der Waals surface area contributed by atoms with E-state index in [9.17, 15) is 14.0 Å². The van der Waals surface area contributed by atoms with Gasteiger partial charge in [0.1, 0.15) is 19.0 Å². The fourth-order valence-electron chi connectivity index (χ4n) is 2.68. The number of nitrogens with zero attached hydrogens (tertiary/aromatic N) is 6. The van der Waals surface area contributed by atoms with Crippen molar-refractivity contribution in [3.63, 3.8) is 0 Å². The fraction of sp³-hybridized carbons (Fsp3) is 0.158. The van der Waals surface area contributed by atoms with Gasteiger partial charge in [-0.25, -0.2) is 9.37 Å². The molecule has 0 radical (unpaired) electrons. The zero-order chi connectivity index (χ0) is 20.9. The van der Waals surface area contributed by atoms with Crippen LogP contribution in [0.3, 0.4) is 0 Å². The number of halogens is 1. The number of carbonyl (C=O) groups is 1. The molecule has 0 atom stereocenters. The van der Waals surface area contributed by atoms with Crippen LogP contribution in [0.5, 0.6) is 5.88 Å². The van der Waals surface area contributed by atoms with Gasteiger partial charge in [0.05, 0.1) is 12.9 Å². The Kier molecular flexibility index (Phi) is 5.42. The minimum Gasteiger partial charge on any atom is -0.475 e. The summed E-state index contributed by atoms with van der Waals surface area (Å²) in [5.74, 6) is 0.0728. The summed E-state index contributed by atoms with van der Waals surface area (Å²) in [4.78, 5) is 27.3. The predicted octanol–water partition coefficient (Wildman–Crippen LogP) is 0.682. The molecule has 0 bridgehead atoms. The molecule has 0 fully saturated rings. The van der Waals surface area contributed by atoms with E-state index in [-0.39, 0.29) is 37.0 Å². The van der Waals surface area contributed by atoms with Crippen molar-refractivity contribution in [2.45, 2.75) is 6.54 Å². The van der Waals surface area contributed by atoms with Crippen molar-refractivity contribution >= 4 is 11.6 Å². The van der Waals surface area contributed by atoms with Gasteiger partial charge < -0.3 is 10.1 Å². The highest BCUT2D eigenvalue weighted by molar-refractivity contribution is 5.75. The lowest BCUT2D eigenvalue weighted by Gasteiger charge is -2.08. The number of hydrogen-bond donors (Lipinski definition) is 1. The van der Waals surface area contributed by atoms with E-state index < -0.39 is 0 Å². The number of benzene rings is 1. The number of carbonyl (C=O) groups excluding carboxylic acids is 1. The van der Waals surface area contributed by atoms with Crippen LogP contribution >= 0.6 is 0 Å². The number of hydrogen-bond acceptors (Lipinski definition) is 7. The molecule has 1 N–H and O–H groups in total. The third-order valence-electron chi connectivity index (χ3n) is 4.12. The van der Waals surface area contributed by atoms with Crippen LogP contribution in [0.1, 0.15) is 0 Å². The molecule has 0 spiro atoms. The molecule has 11 heteroatoms. The van der Waals surface area contributed by atoms with Gasteiger partial charge in [0, 0.05) is 23.9 Å². The molecule has 4 aromatic rings. The quantitative estimate of drug-likeness (QED) is 0.446. The molecule has 152 valence electrons. The molecule has 3 heterocycles. The van der Waals surface area contributed by atoms with Gasteiger partial charge in [-0.3, -0.25) is 14.2 Å². The lowest BCUT2D eigenvalue weighted by molar-refractivity contribution is -0.121. The van der Waals surface area contributed by atoms with E-state index in [2.05, 4.69) is 25.6 Å². The normalized spacial score (nSPS) is 10.8. The van der Waals surface area contributed by atoms with E-state index in [0.29, 0.717) is 22.9 Å². The Labute approximate surface area is 169 Å². The number of aromatic nitrogens is 6. The molecule has 0 saturated carbocycles. The SMILES string of the molecule is O=C(Cn1cnccc1=O)NCCOc1ccc2nnc(-c3ccc(F)cc3)n2n1. The second-order valence-corrected chi connectivity index (χ2v) is 6.22. The van der Waals surface area contributed by atoms with Crippen LogP contribution in [0.4, 0.5) is 4.39 Å². The van der Waals surface area contributed by atoms with Gasteiger partial charge in [-0.05, 0) is 30.3 Å². The molecule has 0 saturated heterocycles. The van der Waals surface area contributed by atoms with Crippen LogP contribution in [0.2, 0.25) is 0 Å². The molecule has 30 heavy (non-hydrogen) atoms. The van der Waals surface area contributed by atoms with Gasteiger partial charge in [0.15, 0.2) is 11.5 Å². The molecule has 3 aromatic heterocycles. The van der Waals surface area contributed by atoms with Crippen LogP contribution in [-0.4, -0.2) is 48.4 Å². The van der Waals surface area contributed by atoms with Crippen molar-refractivity contribution < 1.29 is 13.9 Å². The summed E-state index contributed by atoms with van der Waals surface area (Å²) in [5, 5.41) is 15.1. The second-order valence-electron chi connectivity index (χ2n) is 6.22. The molecule has 10 nitrogen and oxygen atoms in total. The topological polar surface area (TPSA) is 116 Å². The summed E-state index contributed by atoms with van der Waals surface area (Å²) >= 11 is 0. The zero-order valence-electron chi connectivity index (χ0n) is 15.6. The number of ether oxygens (including phenoxy) is 1. The van der Waals surface area contributed by atoms with Gasteiger partial charge >= 0.3 is 0 Å². The fourth-order valence-corrected chi connectivity index (χ4v) is 2.68. The van der Waals surface area contributed by atoms with Crippen molar-refractivity contribution in [1.29, 1.82) is 0 Å². The average molecular weight is 409 g/mol. The number of amides is 1. The molecular formula is C19H16FN7O3. The molecule has 1 aromatic carbocycles. The molecule has 4 rings (SSSR count). The van der Waals surface area contributed by atoms with Crippen LogP contribution in [-0.2, 0) is 11.3 Å². The first-order valence-electron chi connectivity index (χ1n) is 8.98. The summed E-state index contributed by atoms with van der Waals surface area (Å²) in [6.07, 6.45) is 2.67. The van der Waals surface area contributed by atoms with Crippen molar-refractivity contribution in [2.24, 2.45) is 0 Å². The van der Waals surface area contributed by atoms with Gasteiger partial charge in [-0.15, -0.1) is 15.3 Å². The van der Waals surface area contributed by atoms with E-state index in [4.69, 9.17) is 4.74 Å². The Morgan fingerprint density at radius 3 is 2.73 bits per heavy atom. The van der Waals surface area contributed by atoms with Crippen LogP contribution < -0.4 is 15.6 Å². The molecule has 0 aliphatic rings. The first-order chi connectivity index (χ1) is 14.6. The Morgan fingerprint density at radius 2 is 1.93 bits per heavy atom. The first kappa shape index (κ1) is 19.2. The van der Waals surface area contributed by atoms with Crippen LogP contribution in [0.15, 0.2) is 59.8 Å². The van der Waals surface area contributed by atoms with Crippen molar-refractivity contribution in [1.82, 2.24) is 34.7 Å². The highest BCUT2D eigenvalue weighted by Crippen LogP contribution is 2.19. The highest BCUT2D eigenvalue weighted by atomic mass is 19.1. The molecule has 1 amide bonds. The van der Waals surface area contributed by atoms with E-state index >= 15 is 0 Å². The smallest absolute Gasteiger partial charge is 0.253 e. The standard InChI is InChI=1S/C19H16FN7O3/c20-14-3-1-13(2-4-14)19-24-23-15-5-6-17(25-27(15)19)30-10-9-22-16(28)11-26-12-21-8-7-18(26)29/h1-8,12H,9-11H2,(H,22,28). The van der Waals surface area contributed by atoms with Gasteiger partial charge in [-0.1, -0.05) is 0 Å². The summed E-state index contributed by atoms with van der Waals surface area (Å²) in [6, 6.07) is 10.4. The highest BCUT2D eigenvalue weighted by Gasteiger charge is 2.11. The van der Waals surface area contributed by atoms with Gasteiger partial charge in [0.25, 0.3) is 5.56 Å². The monoisotopic (exact) mass is 409 g/mol. The second kappa shape index (κ2) is 8.47. The molecule has 0 aliphatic carbocycles. The zero-order valence-corrected chi connectivity index (χ0v) is 15.6. The number of rotatable bonds is 7. The maximum Gasteiger partial charge on any atom is 0.253 e. The predicted molar refractivity (Wildman–Crippen MR) is 103 cm³/mol. The Balaban J connectivity index is 1.36. The lowest BCUT2D eigenvalue weighted by Crippen LogP contribution is -2.34. The van der Waals surface area contributed by atoms with Gasteiger partial charge in [-0.2, -0.15) is 4.52 Å². The van der Waals surface area contributed by atoms with Crippen LogP contribution in [0.25, 0.3) is 17.0 Å². The van der Waals surface area contributed by atoms with E-state index in [1.54, 1.807) is 24.3 Å². The van der Waals surface area contributed by atoms with E-state index in [1.807, 2.05) is 0 Å². The Hall–Kier alpha value is -4.15. The summed E-state index contributed by atoms with van der Waals surface area (Å²) in [6.45, 7) is 0.263. The maximum absolute atomic E-state index is 13.1. The Morgan fingerprint density at radius 1 is 1.10 bits per heavy atom. The number of fused-ring (bicyclic) bond motifs is 1. The average Bonchev–Trinajstić information content (AvgIpc) is 3.17. The van der Waals surface area contributed by atoms with E-state index in [0.717, 1.165) is 0 Å². The maximum atomic E-state index is 13.1. The molecule has 0 aliphatic heterocycles. The third kappa shape index (κ3) is 4.29. The lowest BCUT2D eigenvalue weighted by atomic mass is 10.2. The van der Waals surface area contributed by atoms with Gasteiger partial charge in [0.2, 0.25) is 11.8 Å². The summed E-state index contributed by atoms with van der Waals surface area (Å²) in [7, 11) is 0. The van der Waals surface area contributed by atoms with Crippen molar-refractivity contribution in [3.8, 4) is 17.3 Å². The summed E-state index contributed by atoms with van der Waals surface area (Å²) in [5.41, 5.74) is 0.864. The van der Waals surface area contributed by atoms with Crippen LogP contribution in [0, 0.1) is 5.82 Å². The van der Waals surface area contributed by atoms with Crippen molar-refractivity contribution in [2.75, 3.05) is 13.2 Å². The third-order valence-corrected chi connectivity index (χ3v) is 4.12. The number of nitrogens with one attached hydrogen (secondary N) is 1. The first-order valence-corrected chi connectivity index (χ1v) is 8.98. The molecular weight excluding hydrogens is 393 g/mol.